The Morgan fingerprint density at radius 2 is 2.15 bits per heavy atom. The highest BCUT2D eigenvalue weighted by Gasteiger charge is 2.07. The first-order valence-electron chi connectivity index (χ1n) is 6.80. The monoisotopic (exact) mass is 297 g/mol. The van der Waals surface area contributed by atoms with Gasteiger partial charge in [-0.2, -0.15) is 12.6 Å². The fourth-order valence-electron chi connectivity index (χ4n) is 1.76. The van der Waals surface area contributed by atoms with E-state index in [9.17, 15) is 4.79 Å². The average molecular weight is 297 g/mol. The molecule has 1 amide bonds. The van der Waals surface area contributed by atoms with Gasteiger partial charge >= 0.3 is 0 Å². The van der Waals surface area contributed by atoms with Crippen molar-refractivity contribution in [2.24, 2.45) is 0 Å². The molecule has 20 heavy (non-hydrogen) atoms. The molecule has 0 saturated carbocycles. The third kappa shape index (κ3) is 6.83. The number of hydrogen-bond acceptors (Lipinski definition) is 6. The van der Waals surface area contributed by atoms with Crippen molar-refractivity contribution in [3.05, 3.63) is 24.3 Å². The molecule has 0 aliphatic carbocycles. The number of rotatable bonds is 10. The number of thiol groups is 1. The number of nitrogens with one attached hydrogen (secondary N) is 2. The Bertz CT molecular complexity index is 376. The van der Waals surface area contributed by atoms with E-state index in [0.29, 0.717) is 12.2 Å². The lowest BCUT2D eigenvalue weighted by Crippen LogP contribution is -2.35. The summed E-state index contributed by atoms with van der Waals surface area (Å²) in [6.07, 6.45) is 5.44. The standard InChI is InChI=1S/C13H23N5OS/c1-14-6-8-18(9-10-20)7-2-3-17-13(19)12-11-15-4-5-16-12/h4-5,11,14,20H,2-3,6-10H2,1H3,(H,17,19). The molecule has 0 atom stereocenters. The van der Waals surface area contributed by atoms with Gasteiger partial charge in [0.1, 0.15) is 5.69 Å². The second-order valence-electron chi connectivity index (χ2n) is 4.37. The molecule has 0 radical (unpaired) electrons. The van der Waals surface area contributed by atoms with Crippen LogP contribution < -0.4 is 10.6 Å². The van der Waals surface area contributed by atoms with Crippen LogP contribution in [0.3, 0.4) is 0 Å². The van der Waals surface area contributed by atoms with Gasteiger partial charge in [-0.25, -0.2) is 4.98 Å². The molecule has 1 aromatic heterocycles. The molecule has 112 valence electrons. The molecule has 0 aliphatic heterocycles. The normalized spacial score (nSPS) is 10.8. The Kier molecular flexibility index (Phi) is 8.93. The molecule has 0 saturated heterocycles. The molecular formula is C13H23N5OS. The van der Waals surface area contributed by atoms with Crippen molar-refractivity contribution in [3.8, 4) is 0 Å². The maximum absolute atomic E-state index is 11.7. The summed E-state index contributed by atoms with van der Waals surface area (Å²) in [5.41, 5.74) is 0.356. The van der Waals surface area contributed by atoms with Crippen molar-refractivity contribution < 1.29 is 4.79 Å². The van der Waals surface area contributed by atoms with Crippen molar-refractivity contribution in [2.75, 3.05) is 45.5 Å². The van der Waals surface area contributed by atoms with Crippen LogP contribution in [-0.4, -0.2) is 66.3 Å². The van der Waals surface area contributed by atoms with E-state index in [0.717, 1.165) is 38.4 Å². The SMILES string of the molecule is CNCCN(CCS)CCCNC(=O)c1cnccn1. The topological polar surface area (TPSA) is 70.2 Å². The maximum atomic E-state index is 11.7. The summed E-state index contributed by atoms with van der Waals surface area (Å²) >= 11 is 4.26. The Morgan fingerprint density at radius 1 is 1.30 bits per heavy atom. The van der Waals surface area contributed by atoms with Crippen molar-refractivity contribution in [2.45, 2.75) is 6.42 Å². The third-order valence-electron chi connectivity index (χ3n) is 2.83. The summed E-state index contributed by atoms with van der Waals surface area (Å²) < 4.78 is 0. The van der Waals surface area contributed by atoms with E-state index in [1.54, 1.807) is 6.20 Å². The Hall–Kier alpha value is -1.18. The molecule has 0 bridgehead atoms. The Balaban J connectivity index is 2.21. The summed E-state index contributed by atoms with van der Waals surface area (Å²) in [5, 5.41) is 5.98. The highest BCUT2D eigenvalue weighted by atomic mass is 32.1. The number of nitrogens with zero attached hydrogens (tertiary/aromatic N) is 3. The maximum Gasteiger partial charge on any atom is 0.271 e. The van der Waals surface area contributed by atoms with Crippen molar-refractivity contribution in [1.82, 2.24) is 25.5 Å². The molecule has 6 nitrogen and oxygen atoms in total. The number of carbonyl (C=O) groups is 1. The summed E-state index contributed by atoms with van der Waals surface area (Å²) in [7, 11) is 1.94. The van der Waals surface area contributed by atoms with E-state index < -0.39 is 0 Å². The lowest BCUT2D eigenvalue weighted by atomic mass is 10.3. The summed E-state index contributed by atoms with van der Waals surface area (Å²) in [6, 6.07) is 0. The van der Waals surface area contributed by atoms with E-state index in [1.165, 1.54) is 12.4 Å². The van der Waals surface area contributed by atoms with Crippen molar-refractivity contribution in [3.63, 3.8) is 0 Å². The van der Waals surface area contributed by atoms with Gasteiger partial charge in [0.05, 0.1) is 6.20 Å². The van der Waals surface area contributed by atoms with Gasteiger partial charge in [0.25, 0.3) is 5.91 Å². The zero-order chi connectivity index (χ0) is 14.6. The molecule has 0 unspecified atom stereocenters. The number of hydrogen-bond donors (Lipinski definition) is 3. The zero-order valence-electron chi connectivity index (χ0n) is 11.9. The van der Waals surface area contributed by atoms with Crippen LogP contribution in [0.5, 0.6) is 0 Å². The van der Waals surface area contributed by atoms with Crippen molar-refractivity contribution >= 4 is 18.5 Å². The fraction of sp³-hybridized carbons (Fsp3) is 0.615. The van der Waals surface area contributed by atoms with Crippen LogP contribution in [0, 0.1) is 0 Å². The van der Waals surface area contributed by atoms with Crippen LogP contribution in [0.2, 0.25) is 0 Å². The van der Waals surface area contributed by atoms with Crippen LogP contribution >= 0.6 is 12.6 Å². The molecule has 1 rings (SSSR count). The first-order chi connectivity index (χ1) is 9.77. The van der Waals surface area contributed by atoms with E-state index in [-0.39, 0.29) is 5.91 Å². The minimum absolute atomic E-state index is 0.172. The summed E-state index contributed by atoms with van der Waals surface area (Å²) in [5.74, 6) is 0.671. The molecule has 0 aromatic carbocycles. The summed E-state index contributed by atoms with van der Waals surface area (Å²) in [4.78, 5) is 21.9. The minimum Gasteiger partial charge on any atom is -0.351 e. The fourth-order valence-corrected chi connectivity index (χ4v) is 2.04. The molecule has 0 fully saturated rings. The van der Waals surface area contributed by atoms with Crippen LogP contribution in [0.4, 0.5) is 0 Å². The van der Waals surface area contributed by atoms with Gasteiger partial charge in [-0.15, -0.1) is 0 Å². The second-order valence-corrected chi connectivity index (χ2v) is 4.82. The first kappa shape index (κ1) is 16.9. The average Bonchev–Trinajstić information content (AvgIpc) is 2.49. The lowest BCUT2D eigenvalue weighted by Gasteiger charge is -2.21. The first-order valence-corrected chi connectivity index (χ1v) is 7.43. The number of aromatic nitrogens is 2. The van der Waals surface area contributed by atoms with E-state index in [2.05, 4.69) is 38.1 Å². The quantitative estimate of drug-likeness (QED) is 0.420. The minimum atomic E-state index is -0.172. The predicted molar refractivity (Wildman–Crippen MR) is 83.2 cm³/mol. The molecule has 1 heterocycles. The second kappa shape index (κ2) is 10.6. The number of likely N-dealkylation sites (N-methyl/N-ethyl adjacent to an activating group) is 1. The van der Waals surface area contributed by atoms with Gasteiger partial charge in [0.2, 0.25) is 0 Å². The third-order valence-corrected chi connectivity index (χ3v) is 3.03. The van der Waals surface area contributed by atoms with Gasteiger partial charge in [-0.1, -0.05) is 0 Å². The van der Waals surface area contributed by atoms with Gasteiger partial charge < -0.3 is 15.5 Å². The molecule has 0 spiro atoms. The largest absolute Gasteiger partial charge is 0.351 e. The molecule has 1 aromatic rings. The highest BCUT2D eigenvalue weighted by Crippen LogP contribution is 1.93. The van der Waals surface area contributed by atoms with Crippen LogP contribution in [0.25, 0.3) is 0 Å². The van der Waals surface area contributed by atoms with Crippen LogP contribution in [-0.2, 0) is 0 Å². The predicted octanol–water partition coefficient (Wildman–Crippen LogP) is 0.0477. The van der Waals surface area contributed by atoms with E-state index >= 15 is 0 Å². The van der Waals surface area contributed by atoms with Crippen LogP contribution in [0.1, 0.15) is 16.9 Å². The van der Waals surface area contributed by atoms with E-state index in [4.69, 9.17) is 0 Å². The van der Waals surface area contributed by atoms with Gasteiger partial charge in [0, 0.05) is 44.3 Å². The van der Waals surface area contributed by atoms with Gasteiger partial charge in [-0.3, -0.25) is 9.78 Å². The smallest absolute Gasteiger partial charge is 0.271 e. The van der Waals surface area contributed by atoms with Gasteiger partial charge in [-0.05, 0) is 20.0 Å². The Labute approximate surface area is 125 Å². The van der Waals surface area contributed by atoms with Crippen molar-refractivity contribution in [1.29, 1.82) is 0 Å². The number of carbonyl (C=O) groups excluding carboxylic acids is 1. The summed E-state index contributed by atoms with van der Waals surface area (Å²) in [6.45, 7) is 4.50. The lowest BCUT2D eigenvalue weighted by molar-refractivity contribution is 0.0946. The zero-order valence-corrected chi connectivity index (χ0v) is 12.8. The number of amides is 1. The Morgan fingerprint density at radius 3 is 2.80 bits per heavy atom. The molecule has 2 N–H and O–H groups in total. The van der Waals surface area contributed by atoms with Crippen LogP contribution in [0.15, 0.2) is 18.6 Å². The molecule has 0 aliphatic rings. The highest BCUT2D eigenvalue weighted by molar-refractivity contribution is 7.80. The molecule has 7 heteroatoms. The van der Waals surface area contributed by atoms with Gasteiger partial charge in [0.15, 0.2) is 0 Å². The molecular weight excluding hydrogens is 274 g/mol. The van der Waals surface area contributed by atoms with E-state index in [1.807, 2.05) is 7.05 Å².